The highest BCUT2D eigenvalue weighted by atomic mass is 19.4. The Morgan fingerprint density at radius 2 is 2.12 bits per heavy atom. The van der Waals surface area contributed by atoms with E-state index in [0.29, 0.717) is 11.8 Å². The van der Waals surface area contributed by atoms with Gasteiger partial charge >= 0.3 is 6.18 Å². The van der Waals surface area contributed by atoms with E-state index in [1.807, 2.05) is 0 Å². The molecule has 0 aromatic heterocycles. The molecule has 2 aliphatic rings. The number of hydrogen-bond donors (Lipinski definition) is 2. The van der Waals surface area contributed by atoms with Crippen molar-refractivity contribution in [2.45, 2.75) is 37.9 Å². The van der Waals surface area contributed by atoms with Crippen LogP contribution in [0.2, 0.25) is 0 Å². The van der Waals surface area contributed by atoms with E-state index >= 15 is 0 Å². The summed E-state index contributed by atoms with van der Waals surface area (Å²) in [5, 5.41) is 5.49. The minimum Gasteiger partial charge on any atom is -0.354 e. The average Bonchev–Trinajstić information content (AvgIpc) is 2.74. The van der Waals surface area contributed by atoms with Crippen LogP contribution in [-0.2, 0) is 4.79 Å². The van der Waals surface area contributed by atoms with Gasteiger partial charge < -0.3 is 10.6 Å². The van der Waals surface area contributed by atoms with Gasteiger partial charge in [0, 0.05) is 6.54 Å². The van der Waals surface area contributed by atoms with Crippen LogP contribution < -0.4 is 10.6 Å². The Morgan fingerprint density at radius 3 is 2.82 bits per heavy atom. The Hall–Kier alpha value is -0.780. The molecule has 1 amide bonds. The summed E-state index contributed by atoms with van der Waals surface area (Å²) in [7, 11) is 0. The predicted octanol–water partition coefficient (Wildman–Crippen LogP) is 1.44. The first kappa shape index (κ1) is 12.7. The zero-order chi connectivity index (χ0) is 12.5. The van der Waals surface area contributed by atoms with Gasteiger partial charge in [0.15, 0.2) is 0 Å². The van der Waals surface area contributed by atoms with Gasteiger partial charge in [-0.25, -0.2) is 0 Å². The van der Waals surface area contributed by atoms with Gasteiger partial charge in [0.05, 0.1) is 12.5 Å². The Balaban J connectivity index is 1.77. The molecule has 0 bridgehead atoms. The van der Waals surface area contributed by atoms with Crippen LogP contribution in [0.5, 0.6) is 0 Å². The number of carbonyl (C=O) groups excluding carboxylic acids is 1. The highest BCUT2D eigenvalue weighted by Gasteiger charge is 2.42. The first-order chi connectivity index (χ1) is 7.97. The maximum absolute atomic E-state index is 11.9. The summed E-state index contributed by atoms with van der Waals surface area (Å²) in [4.78, 5) is 11.7. The molecule has 17 heavy (non-hydrogen) atoms. The molecule has 6 heteroatoms. The van der Waals surface area contributed by atoms with E-state index in [9.17, 15) is 18.0 Å². The Labute approximate surface area is 98.1 Å². The SMILES string of the molecule is O=C(NCCC(F)(F)F)C1NCC2CCCC21. The number of rotatable bonds is 3. The summed E-state index contributed by atoms with van der Waals surface area (Å²) in [6.45, 7) is 0.500. The molecular formula is C11H17F3N2O. The van der Waals surface area contributed by atoms with Gasteiger partial charge in [-0.2, -0.15) is 13.2 Å². The Morgan fingerprint density at radius 1 is 1.35 bits per heavy atom. The molecule has 2 N–H and O–H groups in total. The molecule has 0 aromatic carbocycles. The molecule has 1 saturated carbocycles. The van der Waals surface area contributed by atoms with Crippen LogP contribution in [0.15, 0.2) is 0 Å². The fourth-order valence-corrected chi connectivity index (χ4v) is 2.91. The van der Waals surface area contributed by atoms with Crippen LogP contribution in [0.25, 0.3) is 0 Å². The largest absolute Gasteiger partial charge is 0.390 e. The number of hydrogen-bond acceptors (Lipinski definition) is 2. The van der Waals surface area contributed by atoms with E-state index < -0.39 is 12.6 Å². The fraction of sp³-hybridized carbons (Fsp3) is 0.909. The molecule has 2 fully saturated rings. The number of carbonyl (C=O) groups is 1. The lowest BCUT2D eigenvalue weighted by molar-refractivity contribution is -0.136. The summed E-state index contributed by atoms with van der Waals surface area (Å²) in [5.41, 5.74) is 0. The lowest BCUT2D eigenvalue weighted by atomic mass is 9.93. The lowest BCUT2D eigenvalue weighted by Gasteiger charge is -2.18. The molecule has 2 rings (SSSR count). The first-order valence-electron chi connectivity index (χ1n) is 6.05. The molecule has 0 spiro atoms. The number of amides is 1. The molecule has 1 aliphatic carbocycles. The smallest absolute Gasteiger partial charge is 0.354 e. The first-order valence-corrected chi connectivity index (χ1v) is 6.05. The van der Waals surface area contributed by atoms with Gasteiger partial charge in [0.1, 0.15) is 0 Å². The van der Waals surface area contributed by atoms with Crippen LogP contribution in [-0.4, -0.2) is 31.2 Å². The lowest BCUT2D eigenvalue weighted by Crippen LogP contribution is -2.44. The van der Waals surface area contributed by atoms with Gasteiger partial charge in [-0.15, -0.1) is 0 Å². The Kier molecular flexibility index (Phi) is 3.61. The molecule has 1 saturated heterocycles. The van der Waals surface area contributed by atoms with Crippen molar-refractivity contribution in [1.29, 1.82) is 0 Å². The second-order valence-electron chi connectivity index (χ2n) is 4.90. The zero-order valence-corrected chi connectivity index (χ0v) is 9.52. The second-order valence-corrected chi connectivity index (χ2v) is 4.90. The van der Waals surface area contributed by atoms with Crippen LogP contribution in [0, 0.1) is 11.8 Å². The van der Waals surface area contributed by atoms with E-state index in [-0.39, 0.29) is 18.5 Å². The summed E-state index contributed by atoms with van der Waals surface area (Å²) >= 11 is 0. The average molecular weight is 250 g/mol. The van der Waals surface area contributed by atoms with Crippen molar-refractivity contribution in [3.8, 4) is 0 Å². The van der Waals surface area contributed by atoms with Gasteiger partial charge in [-0.3, -0.25) is 4.79 Å². The molecule has 3 unspecified atom stereocenters. The summed E-state index contributed by atoms with van der Waals surface area (Å²) in [6, 6.07) is -0.282. The molecule has 0 radical (unpaired) electrons. The van der Waals surface area contributed by atoms with E-state index in [1.165, 1.54) is 0 Å². The third-order valence-corrected chi connectivity index (χ3v) is 3.74. The normalized spacial score (nSPS) is 32.5. The second kappa shape index (κ2) is 4.84. The minimum atomic E-state index is -4.20. The molecule has 0 aromatic rings. The summed E-state index contributed by atoms with van der Waals surface area (Å²) < 4.78 is 35.8. The third kappa shape index (κ3) is 3.12. The maximum Gasteiger partial charge on any atom is 0.390 e. The van der Waals surface area contributed by atoms with Crippen molar-refractivity contribution in [3.63, 3.8) is 0 Å². The zero-order valence-electron chi connectivity index (χ0n) is 9.52. The van der Waals surface area contributed by atoms with Crippen molar-refractivity contribution in [2.24, 2.45) is 11.8 Å². The minimum absolute atomic E-state index is 0.274. The van der Waals surface area contributed by atoms with Gasteiger partial charge in [0.2, 0.25) is 5.91 Å². The van der Waals surface area contributed by atoms with Crippen LogP contribution in [0.3, 0.4) is 0 Å². The van der Waals surface area contributed by atoms with Gasteiger partial charge in [0.25, 0.3) is 0 Å². The van der Waals surface area contributed by atoms with Crippen LogP contribution >= 0.6 is 0 Å². The topological polar surface area (TPSA) is 41.1 Å². The molecule has 1 heterocycles. The van der Waals surface area contributed by atoms with Crippen molar-refractivity contribution in [2.75, 3.05) is 13.1 Å². The number of nitrogens with one attached hydrogen (secondary N) is 2. The highest BCUT2D eigenvalue weighted by Crippen LogP contribution is 2.37. The molecule has 3 atom stereocenters. The standard InChI is InChI=1S/C11H17F3N2O/c12-11(13,14)4-5-15-10(17)9-8-3-1-2-7(8)6-16-9/h7-9,16H,1-6H2,(H,15,17). The van der Waals surface area contributed by atoms with E-state index in [0.717, 1.165) is 25.8 Å². The van der Waals surface area contributed by atoms with Gasteiger partial charge in [-0.05, 0) is 31.2 Å². The molecule has 3 nitrogen and oxygen atoms in total. The van der Waals surface area contributed by atoms with Crippen molar-refractivity contribution < 1.29 is 18.0 Å². The number of halogens is 3. The molecule has 1 aliphatic heterocycles. The number of fused-ring (bicyclic) bond motifs is 1. The third-order valence-electron chi connectivity index (χ3n) is 3.74. The predicted molar refractivity (Wildman–Crippen MR) is 56.3 cm³/mol. The van der Waals surface area contributed by atoms with Crippen molar-refractivity contribution >= 4 is 5.91 Å². The van der Waals surface area contributed by atoms with E-state index in [4.69, 9.17) is 0 Å². The molecular weight excluding hydrogens is 233 g/mol. The van der Waals surface area contributed by atoms with Crippen LogP contribution in [0.4, 0.5) is 13.2 Å². The van der Waals surface area contributed by atoms with Crippen molar-refractivity contribution in [1.82, 2.24) is 10.6 Å². The van der Waals surface area contributed by atoms with E-state index in [1.54, 1.807) is 0 Å². The quantitative estimate of drug-likeness (QED) is 0.796. The number of alkyl halides is 3. The highest BCUT2D eigenvalue weighted by molar-refractivity contribution is 5.82. The van der Waals surface area contributed by atoms with E-state index in [2.05, 4.69) is 10.6 Å². The fourth-order valence-electron chi connectivity index (χ4n) is 2.91. The van der Waals surface area contributed by atoms with Crippen LogP contribution in [0.1, 0.15) is 25.7 Å². The summed E-state index contributed by atoms with van der Waals surface area (Å²) in [6.07, 6.45) is -1.89. The van der Waals surface area contributed by atoms with Crippen molar-refractivity contribution in [3.05, 3.63) is 0 Å². The maximum atomic E-state index is 11.9. The Bertz CT molecular complexity index is 293. The van der Waals surface area contributed by atoms with Gasteiger partial charge in [-0.1, -0.05) is 6.42 Å². The monoisotopic (exact) mass is 250 g/mol. The summed E-state index contributed by atoms with van der Waals surface area (Å²) in [5.74, 6) is 0.581. The molecule has 98 valence electrons.